The highest BCUT2D eigenvalue weighted by molar-refractivity contribution is 6.04. The van der Waals surface area contributed by atoms with Crippen LogP contribution in [0.25, 0.3) is 0 Å². The van der Waals surface area contributed by atoms with Crippen molar-refractivity contribution in [2.45, 2.75) is 39.1 Å². The first kappa shape index (κ1) is 34.7. The number of rotatable bonds is 14. The first-order valence-electron chi connectivity index (χ1n) is 14.6. The van der Waals surface area contributed by atoms with Crippen LogP contribution in [0.3, 0.4) is 0 Å². The van der Waals surface area contributed by atoms with E-state index in [1.807, 2.05) is 30.3 Å². The monoisotopic (exact) mass is 650 g/mol. The van der Waals surface area contributed by atoms with Gasteiger partial charge in [-0.1, -0.05) is 61.5 Å². The van der Waals surface area contributed by atoms with Gasteiger partial charge in [-0.05, 0) is 78.2 Å². The fraction of sp³-hybridized carbons (Fsp3) is 0.229. The first-order chi connectivity index (χ1) is 22.5. The van der Waals surface area contributed by atoms with Gasteiger partial charge in [0.05, 0.1) is 5.56 Å². The Morgan fingerprint density at radius 1 is 0.809 bits per heavy atom. The SMILES string of the molecule is CCN(CC(=O)OOOC(C)=O)C(Cc1ccc(NC(=O)c2ccc(OCc3ccccc3)cc2)cc1)c1ccc(C(F)(F)F)cc1. The van der Waals surface area contributed by atoms with E-state index in [1.165, 1.54) is 12.1 Å². The zero-order valence-electron chi connectivity index (χ0n) is 25.7. The smallest absolute Gasteiger partial charge is 0.416 e. The molecule has 0 aliphatic heterocycles. The zero-order valence-corrected chi connectivity index (χ0v) is 25.7. The standard InChI is InChI=1S/C35H33F3N2O7/c1-3-40(22-33(42)46-47-45-24(2)41)32(27-11-15-29(16-12-27)35(36,37)38)21-25-9-17-30(18-10-25)39-34(43)28-13-19-31(20-14-28)44-23-26-7-5-4-6-8-26/h4-20,32H,3,21-23H2,1-2H3,(H,39,43). The number of carbonyl (C=O) groups excluding carboxylic acids is 3. The molecule has 1 amide bonds. The molecule has 12 heteroatoms. The molecule has 0 aromatic heterocycles. The van der Waals surface area contributed by atoms with Crippen LogP contribution in [-0.4, -0.2) is 35.8 Å². The number of likely N-dealkylation sites (N-methyl/N-ethyl adjacent to an activating group) is 1. The molecule has 9 nitrogen and oxygen atoms in total. The number of nitrogens with zero attached hydrogens (tertiary/aromatic N) is 1. The molecule has 0 saturated carbocycles. The van der Waals surface area contributed by atoms with Crippen molar-refractivity contribution in [2.75, 3.05) is 18.4 Å². The minimum Gasteiger partial charge on any atom is -0.489 e. The van der Waals surface area contributed by atoms with E-state index in [2.05, 4.69) is 20.1 Å². The van der Waals surface area contributed by atoms with Crippen molar-refractivity contribution in [3.8, 4) is 5.75 Å². The average Bonchev–Trinajstić information content (AvgIpc) is 3.06. The van der Waals surface area contributed by atoms with E-state index in [0.29, 0.717) is 42.1 Å². The summed E-state index contributed by atoms with van der Waals surface area (Å²) in [6, 6.07) is 27.6. The van der Waals surface area contributed by atoms with Crippen molar-refractivity contribution < 1.29 is 47.1 Å². The van der Waals surface area contributed by atoms with Gasteiger partial charge in [-0.15, -0.1) is 0 Å². The van der Waals surface area contributed by atoms with Crippen LogP contribution in [0.1, 0.15) is 52.5 Å². The highest BCUT2D eigenvalue weighted by Crippen LogP contribution is 2.32. The molecule has 0 aliphatic rings. The normalized spacial score (nSPS) is 11.9. The lowest BCUT2D eigenvalue weighted by atomic mass is 9.96. The number of anilines is 1. The number of benzene rings is 4. The highest BCUT2D eigenvalue weighted by Gasteiger charge is 2.31. The number of alkyl halides is 3. The summed E-state index contributed by atoms with van der Waals surface area (Å²) in [4.78, 5) is 46.5. The number of nitrogens with one attached hydrogen (secondary N) is 1. The van der Waals surface area contributed by atoms with Crippen molar-refractivity contribution in [2.24, 2.45) is 0 Å². The van der Waals surface area contributed by atoms with Crippen LogP contribution in [0.4, 0.5) is 18.9 Å². The molecule has 0 heterocycles. The number of hydrogen-bond donors (Lipinski definition) is 1. The van der Waals surface area contributed by atoms with Gasteiger partial charge in [0.1, 0.15) is 18.9 Å². The van der Waals surface area contributed by atoms with Crippen LogP contribution in [0, 0.1) is 0 Å². The summed E-state index contributed by atoms with van der Waals surface area (Å²) < 4.78 is 45.5. The molecule has 0 spiro atoms. The van der Waals surface area contributed by atoms with E-state index in [-0.39, 0.29) is 12.5 Å². The third-order valence-corrected chi connectivity index (χ3v) is 7.09. The van der Waals surface area contributed by atoms with E-state index in [1.54, 1.807) is 60.4 Å². The lowest BCUT2D eigenvalue weighted by Gasteiger charge is -2.30. The predicted molar refractivity (Wildman–Crippen MR) is 166 cm³/mol. The van der Waals surface area contributed by atoms with Gasteiger partial charge in [0.2, 0.25) is 0 Å². The molecule has 4 aromatic rings. The summed E-state index contributed by atoms with van der Waals surface area (Å²) >= 11 is 0. The highest BCUT2D eigenvalue weighted by atomic mass is 19.4. The Kier molecular flexibility index (Phi) is 12.1. The topological polar surface area (TPSA) is 103 Å². The van der Waals surface area contributed by atoms with E-state index in [0.717, 1.165) is 30.2 Å². The zero-order chi connectivity index (χ0) is 33.8. The van der Waals surface area contributed by atoms with Gasteiger partial charge >= 0.3 is 18.1 Å². The minimum absolute atomic E-state index is 0.302. The summed E-state index contributed by atoms with van der Waals surface area (Å²) in [6.07, 6.45) is -4.20. The van der Waals surface area contributed by atoms with Crippen molar-refractivity contribution >= 4 is 23.5 Å². The number of ether oxygens (including phenoxy) is 1. The molecule has 0 fully saturated rings. The van der Waals surface area contributed by atoms with Crippen molar-refractivity contribution in [1.29, 1.82) is 0 Å². The molecular formula is C35H33F3N2O7. The Hall–Kier alpha value is -5.20. The lowest BCUT2D eigenvalue weighted by molar-refractivity contribution is -0.458. The van der Waals surface area contributed by atoms with E-state index in [4.69, 9.17) is 4.74 Å². The molecule has 1 atom stereocenters. The van der Waals surface area contributed by atoms with Crippen molar-refractivity contribution in [3.63, 3.8) is 0 Å². The summed E-state index contributed by atoms with van der Waals surface area (Å²) in [5.74, 6) is -1.39. The minimum atomic E-state index is -4.51. The first-order valence-corrected chi connectivity index (χ1v) is 14.6. The average molecular weight is 651 g/mol. The Bertz CT molecular complexity index is 1610. The molecule has 47 heavy (non-hydrogen) atoms. The third-order valence-electron chi connectivity index (χ3n) is 7.09. The van der Waals surface area contributed by atoms with Crippen molar-refractivity contribution in [3.05, 3.63) is 131 Å². The molecule has 0 saturated heterocycles. The number of halogens is 3. The molecule has 4 rings (SSSR count). The summed E-state index contributed by atoms with van der Waals surface area (Å²) in [6.45, 7) is 3.25. The van der Waals surface area contributed by atoms with Gasteiger partial charge in [0, 0.05) is 29.3 Å². The maximum absolute atomic E-state index is 13.2. The maximum atomic E-state index is 13.2. The summed E-state index contributed by atoms with van der Waals surface area (Å²) in [5.41, 5.74) is 2.52. The maximum Gasteiger partial charge on any atom is 0.416 e. The fourth-order valence-electron chi connectivity index (χ4n) is 4.68. The van der Waals surface area contributed by atoms with E-state index in [9.17, 15) is 27.6 Å². The lowest BCUT2D eigenvalue weighted by Crippen LogP contribution is -2.35. The largest absolute Gasteiger partial charge is 0.489 e. The second-order valence-electron chi connectivity index (χ2n) is 10.5. The molecule has 0 bridgehead atoms. The van der Waals surface area contributed by atoms with Crippen molar-refractivity contribution in [1.82, 2.24) is 4.90 Å². The number of amides is 1. The molecule has 0 aliphatic carbocycles. The Morgan fingerprint density at radius 2 is 1.47 bits per heavy atom. The third kappa shape index (κ3) is 10.7. The van der Waals surface area contributed by atoms with Crippen LogP contribution >= 0.6 is 0 Å². The van der Waals surface area contributed by atoms with Crippen LogP contribution < -0.4 is 10.1 Å². The van der Waals surface area contributed by atoms with E-state index < -0.39 is 29.7 Å². The van der Waals surface area contributed by atoms with Crippen LogP contribution in [0.2, 0.25) is 0 Å². The van der Waals surface area contributed by atoms with E-state index >= 15 is 0 Å². The van der Waals surface area contributed by atoms with Crippen LogP contribution in [-0.2, 0) is 43.6 Å². The van der Waals surface area contributed by atoms with Gasteiger partial charge in [0.15, 0.2) is 0 Å². The van der Waals surface area contributed by atoms with Gasteiger partial charge in [-0.2, -0.15) is 13.2 Å². The van der Waals surface area contributed by atoms with Crippen LogP contribution in [0.5, 0.6) is 5.75 Å². The Labute approximate surface area is 269 Å². The molecule has 246 valence electrons. The quantitative estimate of drug-likeness (QED) is 0.114. The summed E-state index contributed by atoms with van der Waals surface area (Å²) in [7, 11) is 0. The predicted octanol–water partition coefficient (Wildman–Crippen LogP) is 7.10. The molecule has 1 unspecified atom stereocenters. The van der Waals surface area contributed by atoms with Gasteiger partial charge in [-0.3, -0.25) is 19.5 Å². The van der Waals surface area contributed by atoms with Gasteiger partial charge < -0.3 is 10.1 Å². The molecule has 1 N–H and O–H groups in total. The number of hydrogen-bond acceptors (Lipinski definition) is 8. The number of carbonyl (C=O) groups is 3. The van der Waals surface area contributed by atoms with Gasteiger partial charge in [0.25, 0.3) is 5.91 Å². The Morgan fingerprint density at radius 3 is 2.06 bits per heavy atom. The van der Waals surface area contributed by atoms with Gasteiger partial charge in [-0.25, -0.2) is 9.59 Å². The second-order valence-corrected chi connectivity index (χ2v) is 10.5. The fourth-order valence-corrected chi connectivity index (χ4v) is 4.68. The summed E-state index contributed by atoms with van der Waals surface area (Å²) in [5, 5.41) is 7.03. The Balaban J connectivity index is 1.42. The molecule has 0 radical (unpaired) electrons. The second kappa shape index (κ2) is 16.4. The molecular weight excluding hydrogens is 617 g/mol. The molecule has 4 aromatic carbocycles. The van der Waals surface area contributed by atoms with Crippen LogP contribution in [0.15, 0.2) is 103 Å².